The van der Waals surface area contributed by atoms with Crippen LogP contribution in [0.1, 0.15) is 25.0 Å². The van der Waals surface area contributed by atoms with Crippen molar-refractivity contribution >= 4 is 0 Å². The van der Waals surface area contributed by atoms with Crippen molar-refractivity contribution in [2.45, 2.75) is 39.6 Å². The first-order chi connectivity index (χ1) is 7.36. The lowest BCUT2D eigenvalue weighted by Crippen LogP contribution is -2.43. The van der Waals surface area contributed by atoms with Gasteiger partial charge in [0.05, 0.1) is 0 Å². The number of aryl methyl sites for hydroxylation is 2. The fourth-order valence-electron chi connectivity index (χ4n) is 1.43. The van der Waals surface area contributed by atoms with E-state index >= 15 is 0 Å². The van der Waals surface area contributed by atoms with Crippen LogP contribution in [-0.2, 0) is 4.74 Å². The van der Waals surface area contributed by atoms with E-state index in [1.807, 2.05) is 32.0 Å². The maximum atomic E-state index is 9.66. The molecule has 0 fully saturated rings. The second-order valence-corrected chi connectivity index (χ2v) is 4.56. The molecule has 0 aliphatic heterocycles. The highest BCUT2D eigenvalue weighted by molar-refractivity contribution is 5.36. The smallest absolute Gasteiger partial charge is 0.194 e. The molecule has 0 aromatic heterocycles. The Morgan fingerprint density at radius 2 is 1.88 bits per heavy atom. The molecule has 0 aliphatic carbocycles. The third-order valence-electron chi connectivity index (χ3n) is 2.53. The first-order valence-electron chi connectivity index (χ1n) is 5.34. The molecule has 1 aromatic carbocycles. The Morgan fingerprint density at radius 3 is 2.44 bits per heavy atom. The quantitative estimate of drug-likeness (QED) is 0.798. The molecule has 1 aromatic rings. The molecule has 3 heteroatoms. The Labute approximate surface area is 97.0 Å². The van der Waals surface area contributed by atoms with Crippen molar-refractivity contribution in [1.29, 1.82) is 0 Å². The van der Waals surface area contributed by atoms with Gasteiger partial charge in [-0.15, -0.1) is 0 Å². The number of ether oxygens (including phenoxy) is 2. The highest BCUT2D eigenvalue weighted by Crippen LogP contribution is 2.26. The minimum Gasteiger partial charge on any atom is -0.482 e. The number of hydrogen-bond acceptors (Lipinski definition) is 3. The molecule has 0 heterocycles. The summed E-state index contributed by atoms with van der Waals surface area (Å²) in [5, 5.41) is 9.66. The van der Waals surface area contributed by atoms with Crippen molar-refractivity contribution < 1.29 is 14.6 Å². The monoisotopic (exact) mass is 224 g/mol. The van der Waals surface area contributed by atoms with Crippen LogP contribution in [0.5, 0.6) is 5.75 Å². The van der Waals surface area contributed by atoms with Crippen LogP contribution in [-0.4, -0.2) is 24.1 Å². The van der Waals surface area contributed by atoms with Crippen molar-refractivity contribution in [1.82, 2.24) is 0 Å². The maximum Gasteiger partial charge on any atom is 0.194 e. The second-order valence-electron chi connectivity index (χ2n) is 4.56. The third-order valence-corrected chi connectivity index (χ3v) is 2.53. The molecule has 0 saturated heterocycles. The predicted molar refractivity (Wildman–Crippen MR) is 63.6 cm³/mol. The van der Waals surface area contributed by atoms with E-state index in [2.05, 4.69) is 0 Å². The SMILES string of the molecule is COC(O)C(C)(C)Oc1cc(C)ccc1C. The summed E-state index contributed by atoms with van der Waals surface area (Å²) >= 11 is 0. The van der Waals surface area contributed by atoms with Gasteiger partial charge in [-0.25, -0.2) is 0 Å². The first kappa shape index (κ1) is 13.0. The molecule has 0 spiro atoms. The third kappa shape index (κ3) is 2.97. The number of methoxy groups -OCH3 is 1. The lowest BCUT2D eigenvalue weighted by Gasteiger charge is -2.31. The van der Waals surface area contributed by atoms with Crippen LogP contribution in [0.3, 0.4) is 0 Å². The summed E-state index contributed by atoms with van der Waals surface area (Å²) in [5.74, 6) is 0.779. The van der Waals surface area contributed by atoms with Gasteiger partial charge in [0.25, 0.3) is 0 Å². The van der Waals surface area contributed by atoms with Gasteiger partial charge in [-0.3, -0.25) is 0 Å². The molecule has 90 valence electrons. The molecule has 0 bridgehead atoms. The van der Waals surface area contributed by atoms with Gasteiger partial charge >= 0.3 is 0 Å². The number of hydrogen-bond donors (Lipinski definition) is 1. The molecule has 0 amide bonds. The Bertz CT molecular complexity index is 358. The zero-order chi connectivity index (χ0) is 12.3. The van der Waals surface area contributed by atoms with Crippen molar-refractivity contribution in [3.8, 4) is 5.75 Å². The van der Waals surface area contributed by atoms with Crippen molar-refractivity contribution in [2.24, 2.45) is 0 Å². The molecule has 1 rings (SSSR count). The average molecular weight is 224 g/mol. The topological polar surface area (TPSA) is 38.7 Å². The predicted octanol–water partition coefficient (Wildman–Crippen LogP) is 2.43. The van der Waals surface area contributed by atoms with Crippen LogP contribution in [0.25, 0.3) is 0 Å². The number of aliphatic hydroxyl groups excluding tert-OH is 1. The van der Waals surface area contributed by atoms with Gasteiger partial charge in [0.15, 0.2) is 11.9 Å². The van der Waals surface area contributed by atoms with Crippen molar-refractivity contribution in [3.63, 3.8) is 0 Å². The van der Waals surface area contributed by atoms with E-state index in [0.717, 1.165) is 16.9 Å². The summed E-state index contributed by atoms with van der Waals surface area (Å²) in [6.45, 7) is 7.57. The zero-order valence-corrected chi connectivity index (χ0v) is 10.6. The molecule has 0 saturated carbocycles. The minimum absolute atomic E-state index is 0.771. The lowest BCUT2D eigenvalue weighted by atomic mass is 10.1. The van der Waals surface area contributed by atoms with Crippen LogP contribution >= 0.6 is 0 Å². The van der Waals surface area contributed by atoms with Gasteiger partial charge in [0.2, 0.25) is 0 Å². The van der Waals surface area contributed by atoms with Crippen molar-refractivity contribution in [3.05, 3.63) is 29.3 Å². The Kier molecular flexibility index (Phi) is 3.94. The fourth-order valence-corrected chi connectivity index (χ4v) is 1.43. The van der Waals surface area contributed by atoms with E-state index in [1.165, 1.54) is 7.11 Å². The number of aliphatic hydroxyl groups is 1. The van der Waals surface area contributed by atoms with Gasteiger partial charge < -0.3 is 14.6 Å². The molecule has 1 unspecified atom stereocenters. The molecule has 1 atom stereocenters. The second kappa shape index (κ2) is 4.85. The van der Waals surface area contributed by atoms with E-state index in [9.17, 15) is 5.11 Å². The van der Waals surface area contributed by atoms with E-state index in [1.54, 1.807) is 13.8 Å². The van der Waals surface area contributed by atoms with Crippen molar-refractivity contribution in [2.75, 3.05) is 7.11 Å². The highest BCUT2D eigenvalue weighted by Gasteiger charge is 2.30. The van der Waals surface area contributed by atoms with E-state index in [0.29, 0.717) is 0 Å². The number of rotatable bonds is 4. The van der Waals surface area contributed by atoms with Crippen LogP contribution in [0.2, 0.25) is 0 Å². The highest BCUT2D eigenvalue weighted by atomic mass is 16.6. The average Bonchev–Trinajstić information content (AvgIpc) is 2.22. The molecule has 1 N–H and O–H groups in total. The van der Waals surface area contributed by atoms with Gasteiger partial charge in [-0.2, -0.15) is 0 Å². The van der Waals surface area contributed by atoms with Gasteiger partial charge in [-0.1, -0.05) is 12.1 Å². The first-order valence-corrected chi connectivity index (χ1v) is 5.34. The van der Waals surface area contributed by atoms with E-state index in [4.69, 9.17) is 9.47 Å². The lowest BCUT2D eigenvalue weighted by molar-refractivity contribution is -0.173. The molecule has 3 nitrogen and oxygen atoms in total. The minimum atomic E-state index is -0.951. The Morgan fingerprint density at radius 1 is 1.25 bits per heavy atom. The molecular formula is C13H20O3. The van der Waals surface area contributed by atoms with Crippen LogP contribution in [0, 0.1) is 13.8 Å². The summed E-state index contributed by atoms with van der Waals surface area (Å²) in [6.07, 6.45) is -0.951. The van der Waals surface area contributed by atoms with Gasteiger partial charge in [0, 0.05) is 7.11 Å². The standard InChI is InChI=1S/C13H20O3/c1-9-6-7-10(2)11(8-9)16-13(3,4)12(14)15-5/h6-8,12,14H,1-5H3. The summed E-state index contributed by atoms with van der Waals surface area (Å²) in [7, 11) is 1.46. The zero-order valence-electron chi connectivity index (χ0n) is 10.6. The summed E-state index contributed by atoms with van der Waals surface area (Å²) in [6, 6.07) is 5.99. The molecule has 16 heavy (non-hydrogen) atoms. The number of benzene rings is 1. The Balaban J connectivity index is 2.91. The van der Waals surface area contributed by atoms with E-state index < -0.39 is 11.9 Å². The molecule has 0 radical (unpaired) electrons. The largest absolute Gasteiger partial charge is 0.482 e. The summed E-state index contributed by atoms with van der Waals surface area (Å²) in [4.78, 5) is 0. The van der Waals surface area contributed by atoms with Crippen LogP contribution < -0.4 is 4.74 Å². The van der Waals surface area contributed by atoms with Crippen LogP contribution in [0.4, 0.5) is 0 Å². The maximum absolute atomic E-state index is 9.66. The Hall–Kier alpha value is -1.06. The van der Waals surface area contributed by atoms with Crippen LogP contribution in [0.15, 0.2) is 18.2 Å². The molecule has 0 aliphatic rings. The summed E-state index contributed by atoms with van der Waals surface area (Å²) in [5.41, 5.74) is 1.40. The van der Waals surface area contributed by atoms with Gasteiger partial charge in [0.1, 0.15) is 5.75 Å². The fraction of sp³-hybridized carbons (Fsp3) is 0.538. The van der Waals surface area contributed by atoms with E-state index in [-0.39, 0.29) is 0 Å². The molecular weight excluding hydrogens is 204 g/mol. The summed E-state index contributed by atoms with van der Waals surface area (Å²) < 4.78 is 10.7. The normalized spacial score (nSPS) is 13.6. The van der Waals surface area contributed by atoms with Gasteiger partial charge in [-0.05, 0) is 44.9 Å².